The van der Waals surface area contributed by atoms with Gasteiger partial charge in [-0.3, -0.25) is 10.1 Å². The number of halogens is 3. The summed E-state index contributed by atoms with van der Waals surface area (Å²) >= 11 is 0. The molecule has 0 bridgehead atoms. The number of hydrogen-bond acceptors (Lipinski definition) is 5. The first-order valence-corrected chi connectivity index (χ1v) is 5.53. The van der Waals surface area contributed by atoms with Crippen LogP contribution in [0, 0.1) is 10.1 Å². The normalized spacial score (nSPS) is 22.9. The topological polar surface area (TPSA) is 79.0 Å². The number of benzene rings is 1. The molecule has 1 heterocycles. The lowest BCUT2D eigenvalue weighted by molar-refractivity contribution is -0.384. The fourth-order valence-corrected chi connectivity index (χ4v) is 1.93. The molecule has 9 heteroatoms. The lowest BCUT2D eigenvalue weighted by Crippen LogP contribution is -2.55. The van der Waals surface area contributed by atoms with Gasteiger partial charge in [0.15, 0.2) is 0 Å². The third-order valence-corrected chi connectivity index (χ3v) is 2.88. The van der Waals surface area contributed by atoms with Gasteiger partial charge in [0.1, 0.15) is 0 Å². The zero-order valence-electron chi connectivity index (χ0n) is 10.3. The second kappa shape index (κ2) is 4.44. The van der Waals surface area contributed by atoms with Gasteiger partial charge in [-0.15, -0.1) is 0 Å². The van der Waals surface area contributed by atoms with Crippen LogP contribution >= 0.6 is 0 Å². The molecule has 6 nitrogen and oxygen atoms in total. The Morgan fingerprint density at radius 2 is 1.95 bits per heavy atom. The SMILES string of the molecule is CC1=NN(c2ccc([N+](=O)[O-])cc2)C(O)(C(F)(F)F)C1. The van der Waals surface area contributed by atoms with Gasteiger partial charge in [0, 0.05) is 24.3 Å². The largest absolute Gasteiger partial charge is 0.438 e. The Hall–Kier alpha value is -2.16. The second-order valence-electron chi connectivity index (χ2n) is 4.41. The van der Waals surface area contributed by atoms with Crippen molar-refractivity contribution in [2.45, 2.75) is 25.2 Å². The van der Waals surface area contributed by atoms with Gasteiger partial charge in [-0.05, 0) is 19.1 Å². The van der Waals surface area contributed by atoms with Crippen molar-refractivity contribution in [1.29, 1.82) is 0 Å². The Bertz CT molecular complexity index is 571. The molecule has 108 valence electrons. The van der Waals surface area contributed by atoms with E-state index in [9.17, 15) is 28.4 Å². The van der Waals surface area contributed by atoms with Gasteiger partial charge >= 0.3 is 6.18 Å². The molecule has 1 aliphatic rings. The van der Waals surface area contributed by atoms with E-state index >= 15 is 0 Å². The van der Waals surface area contributed by atoms with E-state index < -0.39 is 23.2 Å². The molecule has 1 aromatic carbocycles. The van der Waals surface area contributed by atoms with Crippen LogP contribution in [0.1, 0.15) is 13.3 Å². The van der Waals surface area contributed by atoms with E-state index in [1.807, 2.05) is 0 Å². The molecule has 0 spiro atoms. The Labute approximate surface area is 111 Å². The third kappa shape index (κ3) is 2.20. The number of alkyl halides is 3. The van der Waals surface area contributed by atoms with E-state index in [-0.39, 0.29) is 17.1 Å². The molecule has 0 aromatic heterocycles. The number of nitro groups is 1. The average Bonchev–Trinajstić information content (AvgIpc) is 2.65. The standard InChI is InChI=1S/C11H10F3N3O3/c1-7-6-10(18,11(12,13)14)16(15-7)8-2-4-9(5-3-8)17(19)20/h2-5,18H,6H2,1H3. The second-order valence-corrected chi connectivity index (χ2v) is 4.41. The molecule has 1 aliphatic heterocycles. The van der Waals surface area contributed by atoms with Crippen molar-refractivity contribution in [3.05, 3.63) is 34.4 Å². The van der Waals surface area contributed by atoms with Crippen LogP contribution in [0.5, 0.6) is 0 Å². The maximum absolute atomic E-state index is 13.0. The van der Waals surface area contributed by atoms with Crippen molar-refractivity contribution in [3.8, 4) is 0 Å². The first-order chi connectivity index (χ1) is 9.15. The summed E-state index contributed by atoms with van der Waals surface area (Å²) in [5.41, 5.74) is -3.35. The molecule has 0 saturated heterocycles. The number of hydrogen-bond donors (Lipinski definition) is 1. The molecular formula is C11H10F3N3O3. The van der Waals surface area contributed by atoms with E-state index in [2.05, 4.69) is 5.10 Å². The van der Waals surface area contributed by atoms with Crippen LogP contribution in [0.4, 0.5) is 24.5 Å². The monoisotopic (exact) mass is 289 g/mol. The summed E-state index contributed by atoms with van der Waals surface area (Å²) < 4.78 is 39.0. The van der Waals surface area contributed by atoms with E-state index in [0.29, 0.717) is 5.01 Å². The van der Waals surface area contributed by atoms with Gasteiger partial charge < -0.3 is 5.11 Å². The Morgan fingerprint density at radius 3 is 2.40 bits per heavy atom. The molecule has 20 heavy (non-hydrogen) atoms. The fourth-order valence-electron chi connectivity index (χ4n) is 1.93. The molecule has 1 N–H and O–H groups in total. The van der Waals surface area contributed by atoms with Crippen LogP contribution in [0.3, 0.4) is 0 Å². The number of rotatable bonds is 2. The number of hydrazone groups is 1. The average molecular weight is 289 g/mol. The summed E-state index contributed by atoms with van der Waals surface area (Å²) in [6.45, 7) is 1.36. The highest BCUT2D eigenvalue weighted by Crippen LogP contribution is 2.42. The molecular weight excluding hydrogens is 279 g/mol. The number of non-ortho nitro benzene ring substituents is 1. The first kappa shape index (κ1) is 14.3. The van der Waals surface area contributed by atoms with Crippen molar-refractivity contribution in [3.63, 3.8) is 0 Å². The summed E-state index contributed by atoms with van der Waals surface area (Å²) in [5, 5.41) is 24.4. The van der Waals surface area contributed by atoms with E-state index in [0.717, 1.165) is 24.3 Å². The fraction of sp³-hybridized carbons (Fsp3) is 0.364. The maximum atomic E-state index is 13.0. The zero-order chi connectivity index (χ0) is 15.1. The van der Waals surface area contributed by atoms with E-state index in [1.165, 1.54) is 6.92 Å². The van der Waals surface area contributed by atoms with Gasteiger partial charge in [-0.1, -0.05) is 0 Å². The summed E-state index contributed by atoms with van der Waals surface area (Å²) in [4.78, 5) is 9.84. The minimum atomic E-state index is -4.91. The molecule has 1 atom stereocenters. The number of anilines is 1. The lowest BCUT2D eigenvalue weighted by Gasteiger charge is -2.34. The molecule has 0 fully saturated rings. The molecule has 0 amide bonds. The predicted octanol–water partition coefficient (Wildman–Crippen LogP) is 2.43. The third-order valence-electron chi connectivity index (χ3n) is 2.88. The summed E-state index contributed by atoms with van der Waals surface area (Å²) in [6.07, 6.45) is -5.58. The van der Waals surface area contributed by atoms with Crippen molar-refractivity contribution in [2.24, 2.45) is 5.10 Å². The summed E-state index contributed by atoms with van der Waals surface area (Å²) in [5.74, 6) is 0. The lowest BCUT2D eigenvalue weighted by atomic mass is 10.1. The Balaban J connectivity index is 2.41. The van der Waals surface area contributed by atoms with Crippen LogP contribution < -0.4 is 5.01 Å². The van der Waals surface area contributed by atoms with Crippen molar-refractivity contribution in [2.75, 3.05) is 5.01 Å². The first-order valence-electron chi connectivity index (χ1n) is 5.53. The van der Waals surface area contributed by atoms with Crippen molar-refractivity contribution < 1.29 is 23.2 Å². The smallest absolute Gasteiger partial charge is 0.362 e. The number of nitro benzene ring substituents is 1. The Kier molecular flexibility index (Phi) is 3.17. The maximum Gasteiger partial charge on any atom is 0.438 e. The molecule has 0 saturated carbocycles. The summed E-state index contributed by atoms with van der Waals surface area (Å²) in [6, 6.07) is 4.32. The molecule has 0 aliphatic carbocycles. The molecule has 1 unspecified atom stereocenters. The highest BCUT2D eigenvalue weighted by Gasteiger charge is 2.61. The molecule has 0 radical (unpaired) electrons. The highest BCUT2D eigenvalue weighted by atomic mass is 19.4. The minimum Gasteiger partial charge on any atom is -0.362 e. The quantitative estimate of drug-likeness (QED) is 0.670. The molecule has 2 rings (SSSR count). The van der Waals surface area contributed by atoms with Crippen molar-refractivity contribution >= 4 is 17.1 Å². The van der Waals surface area contributed by atoms with Gasteiger partial charge in [-0.2, -0.15) is 18.3 Å². The van der Waals surface area contributed by atoms with Crippen LogP contribution in [-0.4, -0.2) is 27.6 Å². The molecule has 1 aromatic rings. The zero-order valence-corrected chi connectivity index (χ0v) is 10.3. The number of nitrogens with zero attached hydrogens (tertiary/aromatic N) is 3. The minimum absolute atomic E-state index is 0.0766. The van der Waals surface area contributed by atoms with Gasteiger partial charge in [0.25, 0.3) is 11.4 Å². The van der Waals surface area contributed by atoms with E-state index in [1.54, 1.807) is 0 Å². The van der Waals surface area contributed by atoms with Crippen molar-refractivity contribution in [1.82, 2.24) is 0 Å². The van der Waals surface area contributed by atoms with E-state index in [4.69, 9.17) is 0 Å². The van der Waals surface area contributed by atoms with Gasteiger partial charge in [0.05, 0.1) is 10.6 Å². The Morgan fingerprint density at radius 1 is 1.40 bits per heavy atom. The van der Waals surface area contributed by atoms with Crippen LogP contribution in [0.2, 0.25) is 0 Å². The van der Waals surface area contributed by atoms with Crippen LogP contribution in [0.15, 0.2) is 29.4 Å². The van der Waals surface area contributed by atoms with Gasteiger partial charge in [-0.25, -0.2) is 5.01 Å². The van der Waals surface area contributed by atoms with Crippen LogP contribution in [0.25, 0.3) is 0 Å². The summed E-state index contributed by atoms with van der Waals surface area (Å²) in [7, 11) is 0. The predicted molar refractivity (Wildman–Crippen MR) is 64.3 cm³/mol. The van der Waals surface area contributed by atoms with Crippen LogP contribution in [-0.2, 0) is 0 Å². The van der Waals surface area contributed by atoms with Gasteiger partial charge in [0.2, 0.25) is 0 Å². The highest BCUT2D eigenvalue weighted by molar-refractivity contribution is 5.87. The number of aliphatic hydroxyl groups is 1.